The molecular weight excluding hydrogens is 493 g/mol. The fraction of sp³-hybridized carbons (Fsp3) is 0.280. The number of likely N-dealkylation sites (tertiary alicyclic amines) is 1. The number of aryl methyl sites for hydroxylation is 1. The van der Waals surface area contributed by atoms with Gasteiger partial charge in [-0.1, -0.05) is 0 Å². The molecule has 4 rings (SSSR count). The Hall–Kier alpha value is -4.35. The molecule has 1 aromatic heterocycles. The second kappa shape index (κ2) is 10.3. The first-order valence-corrected chi connectivity index (χ1v) is 11.3. The van der Waals surface area contributed by atoms with Gasteiger partial charge in [0.2, 0.25) is 5.91 Å². The molecule has 12 heteroatoms. The number of hydrogen-bond donors (Lipinski definition) is 2. The normalized spacial score (nSPS) is 15.5. The van der Waals surface area contributed by atoms with Gasteiger partial charge in [0.15, 0.2) is 12.4 Å². The van der Waals surface area contributed by atoms with Crippen LogP contribution >= 0.6 is 0 Å². The van der Waals surface area contributed by atoms with Crippen LogP contribution in [0.25, 0.3) is 5.69 Å². The average molecular weight is 516 g/mol. The fourth-order valence-corrected chi connectivity index (χ4v) is 4.08. The Bertz CT molecular complexity index is 1320. The summed E-state index contributed by atoms with van der Waals surface area (Å²) in [5, 5.41) is 16.2. The predicted octanol–water partition coefficient (Wildman–Crippen LogP) is 3.91. The molecule has 194 valence electrons. The Morgan fingerprint density at radius 3 is 2.51 bits per heavy atom. The molecule has 2 heterocycles. The van der Waals surface area contributed by atoms with Crippen molar-refractivity contribution in [1.82, 2.24) is 14.7 Å². The van der Waals surface area contributed by atoms with Gasteiger partial charge in [-0.15, -0.1) is 0 Å². The van der Waals surface area contributed by atoms with Crippen molar-refractivity contribution in [3.63, 3.8) is 0 Å². The van der Waals surface area contributed by atoms with Gasteiger partial charge in [0.05, 0.1) is 16.8 Å². The number of nitrogens with zero attached hydrogens (tertiary/aromatic N) is 3. The van der Waals surface area contributed by atoms with E-state index >= 15 is 0 Å². The topological polar surface area (TPSA) is 114 Å². The zero-order valence-electron chi connectivity index (χ0n) is 19.7. The maximum atomic E-state index is 12.9. The lowest BCUT2D eigenvalue weighted by Crippen LogP contribution is -2.45. The molecule has 0 bridgehead atoms. The largest absolute Gasteiger partial charge is 0.484 e. The molecule has 37 heavy (non-hydrogen) atoms. The number of amides is 2. The molecule has 0 radical (unpaired) electrons. The van der Waals surface area contributed by atoms with Gasteiger partial charge in [0, 0.05) is 18.8 Å². The number of ether oxygens (including phenoxy) is 1. The van der Waals surface area contributed by atoms with Crippen molar-refractivity contribution in [2.24, 2.45) is 0 Å². The summed E-state index contributed by atoms with van der Waals surface area (Å²) in [4.78, 5) is 38.2. The third kappa shape index (κ3) is 5.90. The predicted molar refractivity (Wildman–Crippen MR) is 126 cm³/mol. The SMILES string of the molecule is Cc1cc(-n2ccc(NC(=O)[C@H]3CCCN3C(=O)COc3ccc(C(F)(F)F)cc3)n2)ccc1C(=O)O. The quantitative estimate of drug-likeness (QED) is 0.492. The minimum Gasteiger partial charge on any atom is -0.484 e. The van der Waals surface area contributed by atoms with Crippen molar-refractivity contribution in [3.05, 3.63) is 71.4 Å². The summed E-state index contributed by atoms with van der Waals surface area (Å²) in [7, 11) is 0. The minimum atomic E-state index is -4.47. The Balaban J connectivity index is 1.36. The van der Waals surface area contributed by atoms with Gasteiger partial charge < -0.3 is 20.1 Å². The molecular formula is C25H23F3N4O5. The Labute approximate surface area is 209 Å². The van der Waals surface area contributed by atoms with Crippen LogP contribution in [-0.4, -0.2) is 56.8 Å². The number of halogens is 3. The molecule has 3 aromatic rings. The molecule has 1 fully saturated rings. The average Bonchev–Trinajstić information content (AvgIpc) is 3.52. The molecule has 0 unspecified atom stereocenters. The van der Waals surface area contributed by atoms with Gasteiger partial charge in [-0.2, -0.15) is 18.3 Å². The highest BCUT2D eigenvalue weighted by Gasteiger charge is 2.35. The number of carbonyl (C=O) groups is 3. The number of carboxylic acids is 1. The number of rotatable bonds is 7. The number of aromatic nitrogens is 2. The van der Waals surface area contributed by atoms with Crippen molar-refractivity contribution in [3.8, 4) is 11.4 Å². The summed E-state index contributed by atoms with van der Waals surface area (Å²) in [6, 6.07) is 9.58. The van der Waals surface area contributed by atoms with Crippen LogP contribution in [0.4, 0.5) is 19.0 Å². The van der Waals surface area contributed by atoms with Gasteiger partial charge in [-0.05, 0) is 67.8 Å². The highest BCUT2D eigenvalue weighted by Crippen LogP contribution is 2.30. The van der Waals surface area contributed by atoms with E-state index in [0.717, 1.165) is 24.3 Å². The van der Waals surface area contributed by atoms with Crippen molar-refractivity contribution in [2.75, 3.05) is 18.5 Å². The lowest BCUT2D eigenvalue weighted by atomic mass is 10.1. The van der Waals surface area contributed by atoms with Gasteiger partial charge >= 0.3 is 12.1 Å². The van der Waals surface area contributed by atoms with E-state index in [9.17, 15) is 32.7 Å². The van der Waals surface area contributed by atoms with Crippen molar-refractivity contribution >= 4 is 23.6 Å². The van der Waals surface area contributed by atoms with Gasteiger partial charge in [0.1, 0.15) is 11.8 Å². The Morgan fingerprint density at radius 1 is 1.14 bits per heavy atom. The number of alkyl halides is 3. The molecule has 2 amide bonds. The van der Waals surface area contributed by atoms with Crippen molar-refractivity contribution < 1.29 is 37.4 Å². The molecule has 2 aromatic carbocycles. The zero-order chi connectivity index (χ0) is 26.7. The molecule has 1 atom stereocenters. The van der Waals surface area contributed by atoms with Crippen LogP contribution in [0.2, 0.25) is 0 Å². The van der Waals surface area contributed by atoms with E-state index < -0.39 is 42.2 Å². The maximum absolute atomic E-state index is 12.9. The lowest BCUT2D eigenvalue weighted by Gasteiger charge is -2.23. The zero-order valence-corrected chi connectivity index (χ0v) is 19.7. The van der Waals surface area contributed by atoms with E-state index in [1.54, 1.807) is 31.3 Å². The van der Waals surface area contributed by atoms with Crippen LogP contribution in [-0.2, 0) is 15.8 Å². The molecule has 0 aliphatic carbocycles. The highest BCUT2D eigenvalue weighted by atomic mass is 19.4. The van der Waals surface area contributed by atoms with Crippen LogP contribution in [0, 0.1) is 6.92 Å². The summed E-state index contributed by atoms with van der Waals surface area (Å²) in [5.41, 5.74) is 0.529. The maximum Gasteiger partial charge on any atom is 0.416 e. The number of carbonyl (C=O) groups excluding carboxylic acids is 2. The van der Waals surface area contributed by atoms with Crippen LogP contribution in [0.1, 0.15) is 34.3 Å². The van der Waals surface area contributed by atoms with Crippen LogP contribution in [0.15, 0.2) is 54.7 Å². The van der Waals surface area contributed by atoms with E-state index in [2.05, 4.69) is 10.4 Å². The lowest BCUT2D eigenvalue weighted by molar-refractivity contribution is -0.138. The van der Waals surface area contributed by atoms with E-state index in [1.807, 2.05) is 0 Å². The van der Waals surface area contributed by atoms with Crippen LogP contribution in [0.5, 0.6) is 5.75 Å². The minimum absolute atomic E-state index is 0.110. The first-order valence-electron chi connectivity index (χ1n) is 11.3. The van der Waals surface area contributed by atoms with Gasteiger partial charge in [-0.3, -0.25) is 9.59 Å². The summed E-state index contributed by atoms with van der Waals surface area (Å²) in [6.07, 6.45) is -1.81. The second-order valence-electron chi connectivity index (χ2n) is 8.50. The first-order chi connectivity index (χ1) is 17.5. The number of benzene rings is 2. The van der Waals surface area contributed by atoms with Gasteiger partial charge in [-0.25, -0.2) is 9.48 Å². The summed E-state index contributed by atoms with van der Waals surface area (Å²) in [6.45, 7) is 1.60. The van der Waals surface area contributed by atoms with E-state index in [4.69, 9.17) is 4.74 Å². The first kappa shape index (κ1) is 25.7. The van der Waals surface area contributed by atoms with Crippen LogP contribution < -0.4 is 10.1 Å². The smallest absolute Gasteiger partial charge is 0.416 e. The summed E-state index contributed by atoms with van der Waals surface area (Å²) < 4.78 is 44.9. The highest BCUT2D eigenvalue weighted by molar-refractivity contribution is 5.97. The third-order valence-electron chi connectivity index (χ3n) is 5.97. The van der Waals surface area contributed by atoms with E-state index in [0.29, 0.717) is 30.6 Å². The molecule has 0 saturated carbocycles. The number of nitrogens with one attached hydrogen (secondary N) is 1. The molecule has 9 nitrogen and oxygen atoms in total. The molecule has 1 saturated heterocycles. The monoisotopic (exact) mass is 516 g/mol. The van der Waals surface area contributed by atoms with Crippen LogP contribution in [0.3, 0.4) is 0 Å². The molecule has 1 aliphatic heterocycles. The number of aromatic carboxylic acids is 1. The fourth-order valence-electron chi connectivity index (χ4n) is 4.08. The Kier molecular flexibility index (Phi) is 7.18. The van der Waals surface area contributed by atoms with E-state index in [1.165, 1.54) is 15.6 Å². The molecule has 2 N–H and O–H groups in total. The third-order valence-corrected chi connectivity index (χ3v) is 5.97. The second-order valence-corrected chi connectivity index (χ2v) is 8.50. The number of carboxylic acid groups (broad SMARTS) is 1. The standard InChI is InChI=1S/C25H23F3N4O5/c1-15-13-17(6-9-19(15)24(35)36)32-12-10-21(30-32)29-23(34)20-3-2-11-31(20)22(33)14-37-18-7-4-16(5-8-18)25(26,27)28/h4-10,12-13,20H,2-3,11,14H2,1H3,(H,35,36)(H,29,30,34)/t20-/m1/s1. The number of anilines is 1. The molecule has 1 aliphatic rings. The summed E-state index contributed by atoms with van der Waals surface area (Å²) in [5.74, 6) is -1.55. The molecule has 0 spiro atoms. The Morgan fingerprint density at radius 2 is 1.86 bits per heavy atom. The number of hydrogen-bond acceptors (Lipinski definition) is 5. The van der Waals surface area contributed by atoms with Crippen molar-refractivity contribution in [1.29, 1.82) is 0 Å². The van der Waals surface area contributed by atoms with E-state index in [-0.39, 0.29) is 17.1 Å². The summed E-state index contributed by atoms with van der Waals surface area (Å²) >= 11 is 0. The van der Waals surface area contributed by atoms with Crippen molar-refractivity contribution in [2.45, 2.75) is 32.0 Å². The van der Waals surface area contributed by atoms with Gasteiger partial charge in [0.25, 0.3) is 5.91 Å².